The molecular formula is C19H19N3O3. The molecule has 0 spiro atoms. The van der Waals surface area contributed by atoms with E-state index in [1.165, 1.54) is 0 Å². The molecule has 1 amide bonds. The quantitative estimate of drug-likeness (QED) is 0.723. The van der Waals surface area contributed by atoms with E-state index in [0.717, 1.165) is 16.8 Å². The van der Waals surface area contributed by atoms with Gasteiger partial charge in [-0.2, -0.15) is 5.10 Å². The Morgan fingerprint density at radius 1 is 1.12 bits per heavy atom. The van der Waals surface area contributed by atoms with Crippen molar-refractivity contribution in [1.82, 2.24) is 10.2 Å². The third-order valence-electron chi connectivity index (χ3n) is 3.69. The first kappa shape index (κ1) is 16.6. The third-order valence-corrected chi connectivity index (χ3v) is 3.69. The Balaban J connectivity index is 1.76. The van der Waals surface area contributed by atoms with Crippen LogP contribution < -0.4 is 14.8 Å². The summed E-state index contributed by atoms with van der Waals surface area (Å²) in [5, 5.41) is 9.89. The van der Waals surface area contributed by atoms with Crippen LogP contribution in [0.3, 0.4) is 0 Å². The summed E-state index contributed by atoms with van der Waals surface area (Å²) in [6.07, 6.45) is 0. The van der Waals surface area contributed by atoms with E-state index >= 15 is 0 Å². The fourth-order valence-corrected chi connectivity index (χ4v) is 2.53. The fraction of sp³-hybridized carbons (Fsp3) is 0.158. The highest BCUT2D eigenvalue weighted by Crippen LogP contribution is 2.35. The second-order valence-electron chi connectivity index (χ2n) is 5.42. The van der Waals surface area contributed by atoms with Crippen molar-refractivity contribution >= 4 is 11.7 Å². The first-order valence-corrected chi connectivity index (χ1v) is 7.85. The van der Waals surface area contributed by atoms with Crippen LogP contribution in [0.25, 0.3) is 11.1 Å². The molecule has 1 aromatic heterocycles. The SMILES string of the molecule is COc1ccccc1-c1c(NC(=O)COc2ccccc2)n[nH]c1C. The van der Waals surface area contributed by atoms with E-state index < -0.39 is 0 Å². The van der Waals surface area contributed by atoms with Crippen molar-refractivity contribution in [3.8, 4) is 22.6 Å². The van der Waals surface area contributed by atoms with Gasteiger partial charge in [0.05, 0.1) is 12.7 Å². The maximum Gasteiger partial charge on any atom is 0.263 e. The van der Waals surface area contributed by atoms with Gasteiger partial charge in [-0.15, -0.1) is 0 Å². The summed E-state index contributed by atoms with van der Waals surface area (Å²) < 4.78 is 10.9. The molecule has 6 heteroatoms. The van der Waals surface area contributed by atoms with Gasteiger partial charge in [-0.25, -0.2) is 0 Å². The Morgan fingerprint density at radius 2 is 1.84 bits per heavy atom. The molecule has 6 nitrogen and oxygen atoms in total. The number of anilines is 1. The molecule has 0 aliphatic heterocycles. The molecule has 0 unspecified atom stereocenters. The second-order valence-corrected chi connectivity index (χ2v) is 5.42. The first-order valence-electron chi connectivity index (χ1n) is 7.85. The minimum Gasteiger partial charge on any atom is -0.496 e. The number of methoxy groups -OCH3 is 1. The number of carbonyl (C=O) groups excluding carboxylic acids is 1. The maximum atomic E-state index is 12.2. The topological polar surface area (TPSA) is 76.2 Å². The number of nitrogens with zero attached hydrogens (tertiary/aromatic N) is 1. The normalized spacial score (nSPS) is 10.3. The number of benzene rings is 2. The number of hydrogen-bond acceptors (Lipinski definition) is 4. The number of rotatable bonds is 6. The van der Waals surface area contributed by atoms with Crippen LogP contribution in [0, 0.1) is 6.92 Å². The summed E-state index contributed by atoms with van der Waals surface area (Å²) in [4.78, 5) is 12.2. The number of amides is 1. The van der Waals surface area contributed by atoms with Crippen molar-refractivity contribution in [2.75, 3.05) is 19.0 Å². The maximum absolute atomic E-state index is 12.2. The van der Waals surface area contributed by atoms with Crippen LogP contribution >= 0.6 is 0 Å². The molecule has 0 aliphatic rings. The van der Waals surface area contributed by atoms with Gasteiger partial charge in [-0.05, 0) is 25.1 Å². The Kier molecular flexibility index (Phi) is 4.99. The van der Waals surface area contributed by atoms with Gasteiger partial charge < -0.3 is 14.8 Å². The number of nitrogens with one attached hydrogen (secondary N) is 2. The molecule has 0 aliphatic carbocycles. The fourth-order valence-electron chi connectivity index (χ4n) is 2.53. The summed E-state index contributed by atoms with van der Waals surface area (Å²) in [7, 11) is 1.61. The lowest BCUT2D eigenvalue weighted by Gasteiger charge is -2.10. The number of H-pyrrole nitrogens is 1. The van der Waals surface area contributed by atoms with Crippen LogP contribution in [-0.2, 0) is 4.79 Å². The minimum atomic E-state index is -0.286. The number of aromatic amines is 1. The zero-order valence-electron chi connectivity index (χ0n) is 14.1. The Bertz CT molecular complexity index is 859. The highest BCUT2D eigenvalue weighted by atomic mass is 16.5. The second kappa shape index (κ2) is 7.53. The summed E-state index contributed by atoms with van der Waals surface area (Å²) in [5.41, 5.74) is 2.49. The highest BCUT2D eigenvalue weighted by Gasteiger charge is 2.18. The van der Waals surface area contributed by atoms with Crippen LogP contribution in [0.1, 0.15) is 5.69 Å². The summed E-state index contributed by atoms with van der Waals surface area (Å²) in [6, 6.07) is 16.8. The summed E-state index contributed by atoms with van der Waals surface area (Å²) in [6.45, 7) is 1.80. The monoisotopic (exact) mass is 337 g/mol. The molecule has 0 saturated carbocycles. The van der Waals surface area contributed by atoms with Crippen molar-refractivity contribution in [2.24, 2.45) is 0 Å². The average Bonchev–Trinajstić information content (AvgIpc) is 3.00. The van der Waals surface area contributed by atoms with Gasteiger partial charge in [0.25, 0.3) is 5.91 Å². The van der Waals surface area contributed by atoms with E-state index in [1.54, 1.807) is 19.2 Å². The van der Waals surface area contributed by atoms with Gasteiger partial charge in [0, 0.05) is 11.3 Å². The number of para-hydroxylation sites is 2. The molecule has 3 rings (SSSR count). The van der Waals surface area contributed by atoms with Gasteiger partial charge >= 0.3 is 0 Å². The largest absolute Gasteiger partial charge is 0.496 e. The van der Waals surface area contributed by atoms with E-state index in [0.29, 0.717) is 17.3 Å². The van der Waals surface area contributed by atoms with Gasteiger partial charge in [0.2, 0.25) is 0 Å². The molecule has 1 heterocycles. The molecule has 0 saturated heterocycles. The lowest BCUT2D eigenvalue weighted by Crippen LogP contribution is -2.20. The van der Waals surface area contributed by atoms with Crippen LogP contribution in [0.4, 0.5) is 5.82 Å². The molecule has 0 fully saturated rings. The van der Waals surface area contributed by atoms with E-state index in [9.17, 15) is 4.79 Å². The van der Waals surface area contributed by atoms with Gasteiger partial charge in [-0.3, -0.25) is 9.89 Å². The first-order chi connectivity index (χ1) is 12.2. The molecule has 0 atom stereocenters. The van der Waals surface area contributed by atoms with E-state index in [2.05, 4.69) is 15.5 Å². The average molecular weight is 337 g/mol. The molecule has 0 bridgehead atoms. The standard InChI is InChI=1S/C19H19N3O3/c1-13-18(15-10-6-7-11-16(15)24-2)19(22-21-13)20-17(23)12-25-14-8-4-3-5-9-14/h3-11H,12H2,1-2H3,(H2,20,21,22,23). The zero-order chi connectivity index (χ0) is 17.6. The molecule has 128 valence electrons. The Hall–Kier alpha value is -3.28. The molecule has 3 aromatic rings. The van der Waals surface area contributed by atoms with Crippen molar-refractivity contribution in [1.29, 1.82) is 0 Å². The third kappa shape index (κ3) is 3.80. The van der Waals surface area contributed by atoms with Crippen LogP contribution in [0.2, 0.25) is 0 Å². The molecule has 2 N–H and O–H groups in total. The number of carbonyl (C=O) groups is 1. The zero-order valence-corrected chi connectivity index (χ0v) is 14.1. The van der Waals surface area contributed by atoms with Gasteiger partial charge in [0.15, 0.2) is 12.4 Å². The number of ether oxygens (including phenoxy) is 2. The summed E-state index contributed by atoms with van der Waals surface area (Å²) in [5.74, 6) is 1.51. The van der Waals surface area contributed by atoms with Crippen LogP contribution in [-0.4, -0.2) is 29.8 Å². The lowest BCUT2D eigenvalue weighted by atomic mass is 10.0. The van der Waals surface area contributed by atoms with Crippen LogP contribution in [0.5, 0.6) is 11.5 Å². The molecule has 2 aromatic carbocycles. The number of aryl methyl sites for hydroxylation is 1. The smallest absolute Gasteiger partial charge is 0.263 e. The van der Waals surface area contributed by atoms with Crippen molar-refractivity contribution in [3.63, 3.8) is 0 Å². The molecular weight excluding hydrogens is 318 g/mol. The predicted molar refractivity (Wildman–Crippen MR) is 95.9 cm³/mol. The van der Waals surface area contributed by atoms with Gasteiger partial charge in [0.1, 0.15) is 11.5 Å². The van der Waals surface area contributed by atoms with E-state index in [1.807, 2.05) is 49.4 Å². The predicted octanol–water partition coefficient (Wildman–Crippen LogP) is 3.41. The van der Waals surface area contributed by atoms with E-state index in [4.69, 9.17) is 9.47 Å². The van der Waals surface area contributed by atoms with Crippen molar-refractivity contribution < 1.29 is 14.3 Å². The van der Waals surface area contributed by atoms with Crippen molar-refractivity contribution in [2.45, 2.75) is 6.92 Å². The van der Waals surface area contributed by atoms with Crippen molar-refractivity contribution in [3.05, 3.63) is 60.3 Å². The minimum absolute atomic E-state index is 0.0959. The number of hydrogen-bond donors (Lipinski definition) is 2. The van der Waals surface area contributed by atoms with E-state index in [-0.39, 0.29) is 12.5 Å². The molecule has 0 radical (unpaired) electrons. The van der Waals surface area contributed by atoms with Crippen LogP contribution in [0.15, 0.2) is 54.6 Å². The molecule has 25 heavy (non-hydrogen) atoms. The lowest BCUT2D eigenvalue weighted by molar-refractivity contribution is -0.118. The van der Waals surface area contributed by atoms with Gasteiger partial charge in [-0.1, -0.05) is 36.4 Å². The Morgan fingerprint density at radius 3 is 2.60 bits per heavy atom. The number of aromatic nitrogens is 2. The highest BCUT2D eigenvalue weighted by molar-refractivity contribution is 5.96. The Labute approximate surface area is 145 Å². The summed E-state index contributed by atoms with van der Waals surface area (Å²) >= 11 is 0.